The Morgan fingerprint density at radius 1 is 1.45 bits per heavy atom. The zero-order valence-electron chi connectivity index (χ0n) is 5.54. The molecule has 11 heavy (non-hydrogen) atoms. The van der Waals surface area contributed by atoms with Gasteiger partial charge in [0, 0.05) is 16.3 Å². The summed E-state index contributed by atoms with van der Waals surface area (Å²) >= 11 is 7.20. The molecule has 0 saturated heterocycles. The maximum atomic E-state index is 5.68. The van der Waals surface area contributed by atoms with E-state index in [-0.39, 0.29) is 0 Å². The Morgan fingerprint density at radius 3 is 3.09 bits per heavy atom. The number of hydrogen-bond donors (Lipinski definition) is 1. The van der Waals surface area contributed by atoms with Gasteiger partial charge in [0.2, 0.25) is 0 Å². The zero-order chi connectivity index (χ0) is 7.84. The van der Waals surface area contributed by atoms with E-state index in [4.69, 9.17) is 17.3 Å². The maximum Gasteiger partial charge on any atom is 0.130 e. The van der Waals surface area contributed by atoms with Gasteiger partial charge >= 0.3 is 0 Å². The first-order valence-corrected chi connectivity index (χ1v) is 4.26. The number of halogens is 1. The third kappa shape index (κ3) is 1.17. The highest BCUT2D eigenvalue weighted by Crippen LogP contribution is 2.27. The fourth-order valence-electron chi connectivity index (χ4n) is 0.930. The van der Waals surface area contributed by atoms with E-state index in [1.165, 1.54) is 11.3 Å². The lowest BCUT2D eigenvalue weighted by Crippen LogP contribution is -1.73. The van der Waals surface area contributed by atoms with E-state index < -0.39 is 0 Å². The molecular formula is C7H5ClN2S. The van der Waals surface area contributed by atoms with Crippen LogP contribution in [0.5, 0.6) is 0 Å². The standard InChI is InChI=1S/C7H5ClN2S/c8-6-2-5-4(3-10-6)1-7(9)11-5/h1-3H,9H2. The van der Waals surface area contributed by atoms with Crippen LogP contribution in [0.15, 0.2) is 18.3 Å². The van der Waals surface area contributed by atoms with Crippen LogP contribution in [-0.4, -0.2) is 4.98 Å². The molecular weight excluding hydrogens is 180 g/mol. The molecule has 0 atom stereocenters. The summed E-state index contributed by atoms with van der Waals surface area (Å²) in [6, 6.07) is 3.71. The lowest BCUT2D eigenvalue weighted by molar-refractivity contribution is 1.37. The van der Waals surface area contributed by atoms with Gasteiger partial charge in [-0.2, -0.15) is 0 Å². The van der Waals surface area contributed by atoms with Crippen molar-refractivity contribution in [1.82, 2.24) is 4.98 Å². The molecule has 0 aliphatic heterocycles. The number of anilines is 1. The normalized spacial score (nSPS) is 10.6. The molecule has 0 aliphatic carbocycles. The highest BCUT2D eigenvalue weighted by Gasteiger charge is 1.98. The summed E-state index contributed by atoms with van der Waals surface area (Å²) in [5, 5.41) is 2.36. The van der Waals surface area contributed by atoms with E-state index in [9.17, 15) is 0 Å². The molecule has 2 rings (SSSR count). The molecule has 2 heterocycles. The summed E-state index contributed by atoms with van der Waals surface area (Å²) in [5.74, 6) is 0. The van der Waals surface area contributed by atoms with Gasteiger partial charge < -0.3 is 5.73 Å². The van der Waals surface area contributed by atoms with Crippen molar-refractivity contribution in [3.63, 3.8) is 0 Å². The lowest BCUT2D eigenvalue weighted by Gasteiger charge is -1.87. The Kier molecular flexibility index (Phi) is 1.47. The minimum atomic E-state index is 0.513. The fraction of sp³-hybridized carbons (Fsp3) is 0. The molecule has 0 spiro atoms. The molecule has 2 N–H and O–H groups in total. The van der Waals surface area contributed by atoms with E-state index in [1.54, 1.807) is 6.20 Å². The summed E-state index contributed by atoms with van der Waals surface area (Å²) in [4.78, 5) is 3.94. The van der Waals surface area contributed by atoms with Crippen molar-refractivity contribution in [3.8, 4) is 0 Å². The van der Waals surface area contributed by atoms with E-state index in [1.807, 2.05) is 12.1 Å². The third-order valence-electron chi connectivity index (χ3n) is 1.39. The molecule has 0 unspecified atom stereocenters. The van der Waals surface area contributed by atoms with Gasteiger partial charge in [-0.3, -0.25) is 0 Å². The first-order chi connectivity index (χ1) is 5.25. The molecule has 4 heteroatoms. The summed E-state index contributed by atoms with van der Waals surface area (Å²) in [7, 11) is 0. The van der Waals surface area contributed by atoms with Crippen LogP contribution in [0.2, 0.25) is 5.15 Å². The van der Waals surface area contributed by atoms with Crippen molar-refractivity contribution in [2.75, 3.05) is 5.73 Å². The number of hydrogen-bond acceptors (Lipinski definition) is 3. The van der Waals surface area contributed by atoms with E-state index in [0.29, 0.717) is 5.15 Å². The zero-order valence-corrected chi connectivity index (χ0v) is 7.12. The largest absolute Gasteiger partial charge is 0.391 e. The highest BCUT2D eigenvalue weighted by atomic mass is 35.5. The SMILES string of the molecule is Nc1cc2cnc(Cl)cc2s1. The van der Waals surface area contributed by atoms with Gasteiger partial charge in [0.05, 0.1) is 5.00 Å². The van der Waals surface area contributed by atoms with Crippen molar-refractivity contribution in [2.45, 2.75) is 0 Å². The molecule has 0 aliphatic rings. The first-order valence-electron chi connectivity index (χ1n) is 3.06. The highest BCUT2D eigenvalue weighted by molar-refractivity contribution is 7.22. The average molecular weight is 185 g/mol. The molecule has 56 valence electrons. The van der Waals surface area contributed by atoms with Gasteiger partial charge in [0.25, 0.3) is 0 Å². The van der Waals surface area contributed by atoms with Crippen LogP contribution in [0.4, 0.5) is 5.00 Å². The number of rotatable bonds is 0. The second-order valence-electron chi connectivity index (χ2n) is 2.19. The summed E-state index contributed by atoms with van der Waals surface area (Å²) in [6.45, 7) is 0. The van der Waals surface area contributed by atoms with E-state index in [0.717, 1.165) is 15.1 Å². The van der Waals surface area contributed by atoms with Gasteiger partial charge in [-0.1, -0.05) is 11.6 Å². The number of nitrogens with two attached hydrogens (primary N) is 1. The second kappa shape index (κ2) is 2.36. The second-order valence-corrected chi connectivity index (χ2v) is 3.70. The lowest BCUT2D eigenvalue weighted by atomic mass is 10.3. The summed E-state index contributed by atoms with van der Waals surface area (Å²) in [5.41, 5.74) is 5.59. The van der Waals surface area contributed by atoms with Crippen molar-refractivity contribution in [1.29, 1.82) is 0 Å². The van der Waals surface area contributed by atoms with Crippen molar-refractivity contribution < 1.29 is 0 Å². The van der Waals surface area contributed by atoms with Gasteiger partial charge in [-0.15, -0.1) is 11.3 Å². The van der Waals surface area contributed by atoms with Crippen LogP contribution in [0.1, 0.15) is 0 Å². The molecule has 0 fully saturated rings. The molecule has 2 aromatic rings. The van der Waals surface area contributed by atoms with Crippen LogP contribution >= 0.6 is 22.9 Å². The molecule has 0 saturated carbocycles. The average Bonchev–Trinajstić information content (AvgIpc) is 2.27. The molecule has 2 nitrogen and oxygen atoms in total. The van der Waals surface area contributed by atoms with Crippen LogP contribution in [0, 0.1) is 0 Å². The Hall–Kier alpha value is -0.800. The quantitative estimate of drug-likeness (QED) is 0.639. The van der Waals surface area contributed by atoms with Crippen molar-refractivity contribution in [2.24, 2.45) is 0 Å². The van der Waals surface area contributed by atoms with Crippen molar-refractivity contribution in [3.05, 3.63) is 23.5 Å². The first kappa shape index (κ1) is 6.88. The van der Waals surface area contributed by atoms with Crippen LogP contribution < -0.4 is 5.73 Å². The topological polar surface area (TPSA) is 38.9 Å². The van der Waals surface area contributed by atoms with Crippen LogP contribution in [-0.2, 0) is 0 Å². The fourth-order valence-corrected chi connectivity index (χ4v) is 1.99. The molecule has 0 amide bonds. The number of pyridine rings is 1. The Balaban J connectivity index is 2.82. The Bertz CT molecular complexity index is 396. The molecule has 0 bridgehead atoms. The monoisotopic (exact) mass is 184 g/mol. The number of nitrogens with zero attached hydrogens (tertiary/aromatic N) is 1. The Labute approximate surface area is 72.6 Å². The van der Waals surface area contributed by atoms with Gasteiger partial charge in [0.1, 0.15) is 5.15 Å². The van der Waals surface area contributed by atoms with Gasteiger partial charge in [-0.25, -0.2) is 4.98 Å². The number of nitrogen functional groups attached to an aromatic ring is 1. The third-order valence-corrected chi connectivity index (χ3v) is 2.52. The summed E-state index contributed by atoms with van der Waals surface area (Å²) in [6.07, 6.45) is 1.73. The van der Waals surface area contributed by atoms with Crippen molar-refractivity contribution >= 4 is 38.0 Å². The van der Waals surface area contributed by atoms with Gasteiger partial charge in [-0.05, 0) is 12.1 Å². The number of thiophene rings is 1. The molecule has 2 aromatic heterocycles. The van der Waals surface area contributed by atoms with E-state index >= 15 is 0 Å². The molecule has 0 aromatic carbocycles. The number of aromatic nitrogens is 1. The van der Waals surface area contributed by atoms with E-state index in [2.05, 4.69) is 4.98 Å². The van der Waals surface area contributed by atoms with Gasteiger partial charge in [0.15, 0.2) is 0 Å². The smallest absolute Gasteiger partial charge is 0.130 e. The maximum absolute atomic E-state index is 5.68. The minimum absolute atomic E-state index is 0.513. The Morgan fingerprint density at radius 2 is 2.27 bits per heavy atom. The van der Waals surface area contributed by atoms with Crippen LogP contribution in [0.25, 0.3) is 10.1 Å². The van der Waals surface area contributed by atoms with Crippen LogP contribution in [0.3, 0.4) is 0 Å². The number of fused-ring (bicyclic) bond motifs is 1. The predicted octanol–water partition coefficient (Wildman–Crippen LogP) is 2.53. The molecule has 0 radical (unpaired) electrons. The summed E-state index contributed by atoms with van der Waals surface area (Å²) < 4.78 is 1.09. The predicted molar refractivity (Wildman–Crippen MR) is 49.0 cm³/mol. The minimum Gasteiger partial charge on any atom is -0.391 e.